The summed E-state index contributed by atoms with van der Waals surface area (Å²) in [6.07, 6.45) is -3.36. The van der Waals surface area contributed by atoms with Crippen LogP contribution >= 0.6 is 0 Å². The summed E-state index contributed by atoms with van der Waals surface area (Å²) in [4.78, 5) is 7.60. The first-order chi connectivity index (χ1) is 8.79. The second kappa shape index (κ2) is 4.49. The first-order valence-electron chi connectivity index (χ1n) is 5.25. The van der Waals surface area contributed by atoms with Crippen LogP contribution in [0.3, 0.4) is 0 Å². The van der Waals surface area contributed by atoms with E-state index in [1.54, 1.807) is 6.92 Å². The molecule has 1 aromatic carbocycles. The van der Waals surface area contributed by atoms with Crippen LogP contribution in [0.15, 0.2) is 24.4 Å². The van der Waals surface area contributed by atoms with Gasteiger partial charge >= 0.3 is 6.18 Å². The lowest BCUT2D eigenvalue weighted by Gasteiger charge is -2.11. The molecule has 0 amide bonds. The fourth-order valence-electron chi connectivity index (χ4n) is 1.64. The summed E-state index contributed by atoms with van der Waals surface area (Å²) < 4.78 is 51.1. The number of benzene rings is 1. The summed E-state index contributed by atoms with van der Waals surface area (Å²) >= 11 is 0. The van der Waals surface area contributed by atoms with Gasteiger partial charge in [-0.3, -0.25) is 0 Å². The van der Waals surface area contributed by atoms with E-state index in [0.29, 0.717) is 11.6 Å². The highest BCUT2D eigenvalue weighted by Gasteiger charge is 2.34. The Morgan fingerprint density at radius 3 is 2.53 bits per heavy atom. The molecule has 0 saturated heterocycles. The average molecular weight is 271 g/mol. The van der Waals surface area contributed by atoms with Crippen LogP contribution in [0.25, 0.3) is 11.3 Å². The molecule has 0 bridgehead atoms. The van der Waals surface area contributed by atoms with Crippen molar-refractivity contribution in [1.29, 1.82) is 0 Å². The van der Waals surface area contributed by atoms with Crippen LogP contribution in [0.2, 0.25) is 0 Å². The van der Waals surface area contributed by atoms with Gasteiger partial charge in [0.1, 0.15) is 5.82 Å². The third kappa shape index (κ3) is 2.64. The molecule has 2 N–H and O–H groups in total. The number of nitrogens with zero attached hydrogens (tertiary/aromatic N) is 2. The molecule has 1 heterocycles. The SMILES string of the molecule is Cc1cnc(N)nc1-c1ccc(F)c(C(F)(F)F)c1. The van der Waals surface area contributed by atoms with Gasteiger partial charge in [-0.15, -0.1) is 0 Å². The Labute approximate surface area is 106 Å². The Balaban J connectivity index is 2.61. The van der Waals surface area contributed by atoms with Crippen LogP contribution in [0.4, 0.5) is 23.5 Å². The molecule has 0 saturated carbocycles. The summed E-state index contributed by atoms with van der Waals surface area (Å²) in [5, 5.41) is 0. The number of hydrogen-bond donors (Lipinski definition) is 1. The maximum atomic E-state index is 13.2. The highest BCUT2D eigenvalue weighted by atomic mass is 19.4. The van der Waals surface area contributed by atoms with Gasteiger partial charge in [-0.1, -0.05) is 0 Å². The summed E-state index contributed by atoms with van der Waals surface area (Å²) in [6.45, 7) is 1.63. The normalized spacial score (nSPS) is 11.6. The molecule has 0 radical (unpaired) electrons. The molecule has 7 heteroatoms. The Hall–Kier alpha value is -2.18. The van der Waals surface area contributed by atoms with Crippen LogP contribution in [0.1, 0.15) is 11.1 Å². The number of anilines is 1. The smallest absolute Gasteiger partial charge is 0.368 e. The molecule has 3 nitrogen and oxygen atoms in total. The van der Waals surface area contributed by atoms with Crippen LogP contribution in [-0.2, 0) is 6.18 Å². The predicted octanol–water partition coefficient (Wildman–Crippen LogP) is 3.19. The summed E-state index contributed by atoms with van der Waals surface area (Å²) in [5.41, 5.74) is 5.01. The topological polar surface area (TPSA) is 51.8 Å². The number of alkyl halides is 3. The predicted molar refractivity (Wildman–Crippen MR) is 61.6 cm³/mol. The number of aryl methyl sites for hydroxylation is 1. The van der Waals surface area contributed by atoms with Crippen molar-refractivity contribution in [2.45, 2.75) is 13.1 Å². The fourth-order valence-corrected chi connectivity index (χ4v) is 1.64. The van der Waals surface area contributed by atoms with E-state index in [2.05, 4.69) is 9.97 Å². The molecular weight excluding hydrogens is 262 g/mol. The Bertz CT molecular complexity index is 623. The Kier molecular flexibility index (Phi) is 3.13. The lowest BCUT2D eigenvalue weighted by Crippen LogP contribution is -2.08. The van der Waals surface area contributed by atoms with E-state index in [4.69, 9.17) is 5.73 Å². The molecule has 0 aliphatic carbocycles. The second-order valence-electron chi connectivity index (χ2n) is 3.95. The van der Waals surface area contributed by atoms with E-state index in [1.807, 2.05) is 0 Å². The number of nitrogen functional groups attached to an aromatic ring is 1. The van der Waals surface area contributed by atoms with Crippen molar-refractivity contribution < 1.29 is 17.6 Å². The molecule has 0 aliphatic heterocycles. The highest BCUT2D eigenvalue weighted by molar-refractivity contribution is 5.64. The number of halogens is 4. The van der Waals surface area contributed by atoms with Gasteiger partial charge in [0.05, 0.1) is 11.3 Å². The van der Waals surface area contributed by atoms with Crippen molar-refractivity contribution in [1.82, 2.24) is 9.97 Å². The first-order valence-corrected chi connectivity index (χ1v) is 5.25. The molecule has 0 aliphatic rings. The van der Waals surface area contributed by atoms with Gasteiger partial charge in [0.2, 0.25) is 5.95 Å². The van der Waals surface area contributed by atoms with Crippen molar-refractivity contribution in [3.05, 3.63) is 41.3 Å². The number of aromatic nitrogens is 2. The van der Waals surface area contributed by atoms with E-state index in [0.717, 1.165) is 6.07 Å². The zero-order chi connectivity index (χ0) is 14.2. The van der Waals surface area contributed by atoms with Crippen molar-refractivity contribution >= 4 is 5.95 Å². The minimum atomic E-state index is -4.76. The monoisotopic (exact) mass is 271 g/mol. The van der Waals surface area contributed by atoms with Gasteiger partial charge in [0, 0.05) is 11.8 Å². The van der Waals surface area contributed by atoms with Crippen LogP contribution in [-0.4, -0.2) is 9.97 Å². The number of rotatable bonds is 1. The van der Waals surface area contributed by atoms with Crippen molar-refractivity contribution in [3.8, 4) is 11.3 Å². The molecule has 0 unspecified atom stereocenters. The van der Waals surface area contributed by atoms with E-state index in [-0.39, 0.29) is 17.2 Å². The molecule has 2 rings (SSSR count). The standard InChI is InChI=1S/C12H9F4N3/c1-6-5-18-11(17)19-10(6)7-2-3-9(13)8(4-7)12(14,15)16/h2-5H,1H3,(H2,17,18,19). The van der Waals surface area contributed by atoms with Gasteiger partial charge in [-0.05, 0) is 30.7 Å². The van der Waals surface area contributed by atoms with E-state index in [1.165, 1.54) is 12.3 Å². The summed E-state index contributed by atoms with van der Waals surface area (Å²) in [7, 11) is 0. The second-order valence-corrected chi connectivity index (χ2v) is 3.95. The molecule has 0 fully saturated rings. The maximum absolute atomic E-state index is 13.2. The summed E-state index contributed by atoms with van der Waals surface area (Å²) in [6, 6.07) is 2.69. The molecule has 1 aromatic heterocycles. The zero-order valence-electron chi connectivity index (χ0n) is 9.79. The van der Waals surface area contributed by atoms with Crippen LogP contribution in [0.5, 0.6) is 0 Å². The molecule has 0 atom stereocenters. The molecular formula is C12H9F4N3. The zero-order valence-corrected chi connectivity index (χ0v) is 9.79. The fraction of sp³-hybridized carbons (Fsp3) is 0.167. The maximum Gasteiger partial charge on any atom is 0.419 e. The lowest BCUT2D eigenvalue weighted by atomic mass is 10.0. The largest absolute Gasteiger partial charge is 0.419 e. The van der Waals surface area contributed by atoms with Crippen molar-refractivity contribution in [2.75, 3.05) is 5.73 Å². The average Bonchev–Trinajstić information content (AvgIpc) is 2.31. The lowest BCUT2D eigenvalue weighted by molar-refractivity contribution is -0.139. The van der Waals surface area contributed by atoms with Crippen molar-refractivity contribution in [3.63, 3.8) is 0 Å². The third-order valence-corrected chi connectivity index (χ3v) is 2.54. The van der Waals surface area contributed by atoms with E-state index in [9.17, 15) is 17.6 Å². The van der Waals surface area contributed by atoms with Gasteiger partial charge in [0.25, 0.3) is 0 Å². The minimum absolute atomic E-state index is 0.0570. The van der Waals surface area contributed by atoms with Gasteiger partial charge in [0.15, 0.2) is 0 Å². The van der Waals surface area contributed by atoms with E-state index < -0.39 is 17.6 Å². The molecule has 0 spiro atoms. The quantitative estimate of drug-likeness (QED) is 0.810. The van der Waals surface area contributed by atoms with Crippen molar-refractivity contribution in [2.24, 2.45) is 0 Å². The third-order valence-electron chi connectivity index (χ3n) is 2.54. The van der Waals surface area contributed by atoms with E-state index >= 15 is 0 Å². The first kappa shape index (κ1) is 13.3. The molecule has 100 valence electrons. The van der Waals surface area contributed by atoms with Gasteiger partial charge < -0.3 is 5.73 Å². The number of nitrogens with two attached hydrogens (primary N) is 1. The van der Waals surface area contributed by atoms with Crippen LogP contribution < -0.4 is 5.73 Å². The number of hydrogen-bond acceptors (Lipinski definition) is 3. The van der Waals surface area contributed by atoms with Crippen LogP contribution in [0, 0.1) is 12.7 Å². The Morgan fingerprint density at radius 1 is 1.21 bits per heavy atom. The Morgan fingerprint density at radius 2 is 1.89 bits per heavy atom. The molecule has 19 heavy (non-hydrogen) atoms. The van der Waals surface area contributed by atoms with Gasteiger partial charge in [-0.2, -0.15) is 13.2 Å². The highest BCUT2D eigenvalue weighted by Crippen LogP contribution is 2.34. The summed E-state index contributed by atoms with van der Waals surface area (Å²) in [5.74, 6) is -1.38. The van der Waals surface area contributed by atoms with Gasteiger partial charge in [-0.25, -0.2) is 14.4 Å². The molecule has 2 aromatic rings. The minimum Gasteiger partial charge on any atom is -0.368 e.